The minimum Gasteiger partial charge on any atom is -0.456 e. The largest absolute Gasteiger partial charge is 0.456 e. The van der Waals surface area contributed by atoms with Gasteiger partial charge in [0.15, 0.2) is 18.9 Å². The Balaban J connectivity index is 1.38. The Bertz CT molecular complexity index is 2110. The van der Waals surface area contributed by atoms with Gasteiger partial charge in [0.2, 0.25) is 5.79 Å². The first kappa shape index (κ1) is 69.2. The van der Waals surface area contributed by atoms with E-state index in [1.54, 1.807) is 47.6 Å². The van der Waals surface area contributed by atoms with Crippen molar-refractivity contribution in [3.63, 3.8) is 0 Å². The van der Waals surface area contributed by atoms with Crippen LogP contribution >= 0.6 is 0 Å². The molecule has 4 fully saturated rings. The van der Waals surface area contributed by atoms with Gasteiger partial charge in [0.25, 0.3) is 0 Å². The number of rotatable bonds is 15. The van der Waals surface area contributed by atoms with Crippen molar-refractivity contribution in [2.24, 2.45) is 17.8 Å². The highest BCUT2D eigenvalue weighted by Crippen LogP contribution is 2.43. The van der Waals surface area contributed by atoms with E-state index < -0.39 is 152 Å². The molecule has 0 saturated carbocycles. The molecule has 0 aliphatic carbocycles. The second kappa shape index (κ2) is 31.2. The van der Waals surface area contributed by atoms with E-state index in [-0.39, 0.29) is 50.2 Å². The van der Waals surface area contributed by atoms with Crippen LogP contribution in [0.1, 0.15) is 128 Å². The number of carbonyl (C=O) groups is 1. The lowest BCUT2D eigenvalue weighted by Gasteiger charge is -2.51. The summed E-state index contributed by atoms with van der Waals surface area (Å²) < 4.78 is 72.2. The first-order chi connectivity index (χ1) is 38.1. The number of carbonyl (C=O) groups excluding carboxylic acids is 1. The molecule has 0 unspecified atom stereocenters. The second-order valence-corrected chi connectivity index (χ2v) is 23.7. The fourth-order valence-corrected chi connectivity index (χ4v) is 12.0. The molecule has 0 spiro atoms. The number of aliphatic hydroxyl groups excluding tert-OH is 6. The Morgan fingerprint density at radius 1 is 0.741 bits per heavy atom. The van der Waals surface area contributed by atoms with E-state index in [0.717, 1.165) is 11.1 Å². The number of allylic oxidation sites excluding steroid dienone is 7. The minimum absolute atomic E-state index is 0.00848. The molecule has 0 aromatic heterocycles. The average molecular weight is 1160 g/mol. The molecular formula is C60H100O21. The molecule has 0 aromatic rings. The van der Waals surface area contributed by atoms with Gasteiger partial charge in [-0.05, 0) is 87.1 Å². The van der Waals surface area contributed by atoms with Crippen molar-refractivity contribution >= 4 is 5.97 Å². The van der Waals surface area contributed by atoms with E-state index in [0.29, 0.717) is 24.8 Å². The van der Waals surface area contributed by atoms with E-state index in [1.165, 1.54) is 35.4 Å². The van der Waals surface area contributed by atoms with Gasteiger partial charge >= 0.3 is 5.97 Å². The summed E-state index contributed by atoms with van der Waals surface area (Å²) in [7, 11) is 5.83. The standard InChI is InChI=1S/C60H100O21/c1-31-19-16-17-21-42(61)45(71-13)27-47(78-57(67)35(5)25-33(3)23-32(2)24-34(4)43(22-18-20-31)79-58-53(65)52(64)54(73-15)39(9)76-58)55(66)60(69)37(7)50(62)36(6)44(81-60)26-41(30-70-12)77-49-29-59(11,68)56(40(10)75-49)80-48-28-46(72-14)51(63)38(8)74-48/h18-20,23-25,34,36-56,58,61-66,68-69H,16-17,21-22,26-30H2,1-15H3/b20-18+,31-19-,32-24+,33-23+,35-25+/t34-,36+,37-,38-,39+,40+,41-,42+,43-,44-,45+,46-,47+,48+,49+,50+,51-,52+,53+,54+,55-,56+,58-,59+,60-/m1/s1. The van der Waals surface area contributed by atoms with Crippen LogP contribution in [0.3, 0.4) is 0 Å². The molecule has 0 aromatic carbocycles. The number of cyclic esters (lactones) is 1. The molecule has 5 aliphatic heterocycles. The third-order valence-corrected chi connectivity index (χ3v) is 16.9. The average Bonchev–Trinajstić information content (AvgIpc) is 3.44. The SMILES string of the molecule is COC[C@@H](C[C@H]1O[C@@](O)([C@H](O)[C@@H]2C[C@H](OC)[C@@H](O)CCC/C=C(C)\C=C\C[C@@H](O[C@H]3O[C@@H](C)[C@H](OC)[C@@H](O)[C@@H]3O)[C@H](C)/C=C(C)/C=C(C)/C=C(\C)C(=O)O2)[C@H](C)[C@@H](O)[C@H]1C)O[C@H]1C[C@](C)(O)[C@@H](O[C@H]2C[C@@H](OC)[C@H](O)[C@@H](C)O2)[C@H](C)O1. The van der Waals surface area contributed by atoms with Crippen LogP contribution in [0.25, 0.3) is 0 Å². The summed E-state index contributed by atoms with van der Waals surface area (Å²) in [6.45, 7) is 19.3. The monoisotopic (exact) mass is 1160 g/mol. The predicted octanol–water partition coefficient (Wildman–Crippen LogP) is 4.37. The van der Waals surface area contributed by atoms with Crippen LogP contribution in [-0.4, -0.2) is 216 Å². The molecule has 466 valence electrons. The van der Waals surface area contributed by atoms with Gasteiger partial charge in [-0.2, -0.15) is 0 Å². The van der Waals surface area contributed by atoms with Crippen LogP contribution in [0.4, 0.5) is 0 Å². The van der Waals surface area contributed by atoms with Crippen molar-refractivity contribution < 1.29 is 102 Å². The molecule has 0 amide bonds. The summed E-state index contributed by atoms with van der Waals surface area (Å²) in [6, 6.07) is 0. The maximum atomic E-state index is 14.2. The zero-order valence-electron chi connectivity index (χ0n) is 50.5. The van der Waals surface area contributed by atoms with Gasteiger partial charge in [-0.3, -0.25) is 0 Å². The van der Waals surface area contributed by atoms with Crippen LogP contribution in [-0.2, 0) is 61.6 Å². The lowest BCUT2D eigenvalue weighted by Crippen LogP contribution is -2.66. The molecule has 21 heteroatoms. The topological polar surface area (TPSA) is 290 Å². The molecule has 5 rings (SSSR count). The first-order valence-electron chi connectivity index (χ1n) is 28.9. The summed E-state index contributed by atoms with van der Waals surface area (Å²) in [5.74, 6) is -5.38. The van der Waals surface area contributed by atoms with Crippen molar-refractivity contribution in [1.29, 1.82) is 0 Å². The van der Waals surface area contributed by atoms with Crippen LogP contribution in [0.5, 0.6) is 0 Å². The van der Waals surface area contributed by atoms with Crippen LogP contribution in [0.2, 0.25) is 0 Å². The van der Waals surface area contributed by atoms with Gasteiger partial charge in [0.1, 0.15) is 42.7 Å². The molecule has 0 bridgehead atoms. The Kier molecular flexibility index (Phi) is 26.6. The van der Waals surface area contributed by atoms with E-state index >= 15 is 0 Å². The summed E-state index contributed by atoms with van der Waals surface area (Å²) in [5, 5.41) is 92.8. The van der Waals surface area contributed by atoms with Crippen molar-refractivity contribution in [3.8, 4) is 0 Å². The Morgan fingerprint density at radius 3 is 2.06 bits per heavy atom. The maximum absolute atomic E-state index is 14.2. The van der Waals surface area contributed by atoms with Crippen LogP contribution in [0, 0.1) is 17.8 Å². The maximum Gasteiger partial charge on any atom is 0.334 e. The lowest BCUT2D eigenvalue weighted by atomic mass is 9.76. The third-order valence-electron chi connectivity index (χ3n) is 16.9. The molecule has 5 heterocycles. The van der Waals surface area contributed by atoms with Gasteiger partial charge in [0, 0.05) is 77.4 Å². The van der Waals surface area contributed by atoms with Gasteiger partial charge < -0.3 is 97.7 Å². The van der Waals surface area contributed by atoms with Gasteiger partial charge in [-0.1, -0.05) is 67.9 Å². The van der Waals surface area contributed by atoms with Crippen molar-refractivity contribution in [2.45, 2.75) is 262 Å². The Morgan fingerprint density at radius 2 is 1.42 bits per heavy atom. The van der Waals surface area contributed by atoms with Crippen molar-refractivity contribution in [3.05, 3.63) is 58.7 Å². The number of aliphatic hydroxyl groups is 8. The van der Waals surface area contributed by atoms with E-state index in [2.05, 4.69) is 0 Å². The zero-order valence-corrected chi connectivity index (χ0v) is 50.5. The summed E-state index contributed by atoms with van der Waals surface area (Å²) in [4.78, 5) is 14.2. The normalized spacial score (nSPS) is 46.1. The molecule has 81 heavy (non-hydrogen) atoms. The third kappa shape index (κ3) is 18.2. The van der Waals surface area contributed by atoms with E-state index in [1.807, 2.05) is 58.1 Å². The Hall–Kier alpha value is -2.59. The number of hydrogen-bond acceptors (Lipinski definition) is 21. The summed E-state index contributed by atoms with van der Waals surface area (Å²) in [6.07, 6.45) is -6.18. The second-order valence-electron chi connectivity index (χ2n) is 23.7. The summed E-state index contributed by atoms with van der Waals surface area (Å²) in [5.41, 5.74) is 1.14. The molecule has 5 aliphatic rings. The number of ether oxygens (including phenoxy) is 12. The van der Waals surface area contributed by atoms with Gasteiger partial charge in [-0.25, -0.2) is 4.79 Å². The summed E-state index contributed by atoms with van der Waals surface area (Å²) >= 11 is 0. The van der Waals surface area contributed by atoms with Gasteiger partial charge in [-0.15, -0.1) is 0 Å². The van der Waals surface area contributed by atoms with Crippen LogP contribution < -0.4 is 0 Å². The zero-order chi connectivity index (χ0) is 60.3. The number of hydrogen-bond donors (Lipinski definition) is 8. The highest BCUT2D eigenvalue weighted by molar-refractivity contribution is 5.88. The number of methoxy groups -OCH3 is 4. The fraction of sp³-hybridized carbons (Fsp3) is 0.817. The molecule has 4 saturated heterocycles. The Labute approximate surface area is 480 Å². The van der Waals surface area contributed by atoms with Crippen LogP contribution in [0.15, 0.2) is 58.7 Å². The molecule has 21 nitrogen and oxygen atoms in total. The fourth-order valence-electron chi connectivity index (χ4n) is 12.0. The molecular weight excluding hydrogens is 1060 g/mol. The first-order valence-corrected chi connectivity index (χ1v) is 28.9. The smallest absolute Gasteiger partial charge is 0.334 e. The minimum atomic E-state index is -2.54. The van der Waals surface area contributed by atoms with Gasteiger partial charge in [0.05, 0.1) is 73.2 Å². The highest BCUT2D eigenvalue weighted by atomic mass is 16.7. The van der Waals surface area contributed by atoms with E-state index in [9.17, 15) is 45.6 Å². The highest BCUT2D eigenvalue weighted by Gasteiger charge is 2.58. The molecule has 0 radical (unpaired) electrons. The predicted molar refractivity (Wildman–Crippen MR) is 297 cm³/mol. The van der Waals surface area contributed by atoms with Crippen molar-refractivity contribution in [2.75, 3.05) is 35.0 Å². The molecule has 25 atom stereocenters. The molecule has 8 N–H and O–H groups in total. The number of esters is 1. The van der Waals surface area contributed by atoms with Crippen molar-refractivity contribution in [1.82, 2.24) is 0 Å². The lowest BCUT2D eigenvalue weighted by molar-refractivity contribution is -0.366. The quantitative estimate of drug-likeness (QED) is 0.106. The van der Waals surface area contributed by atoms with E-state index in [4.69, 9.17) is 56.8 Å².